The SMILES string of the molecule is CC(C)NC(=O)c1cnc2nc1Nc1ccc(N)c(c1)OC/C=C/CCN2. The molecule has 2 heterocycles. The normalized spacial score (nSPS) is 14.9. The molecule has 1 aromatic heterocycles. The lowest BCUT2D eigenvalue weighted by molar-refractivity contribution is 0.0943. The van der Waals surface area contributed by atoms with Crippen LogP contribution in [0.3, 0.4) is 0 Å². The number of amides is 1. The second kappa shape index (κ2) is 8.39. The highest BCUT2D eigenvalue weighted by molar-refractivity contribution is 5.99. The van der Waals surface area contributed by atoms with E-state index in [1.165, 1.54) is 6.20 Å². The number of nitrogens with one attached hydrogen (secondary N) is 3. The monoisotopic (exact) mass is 368 g/mol. The van der Waals surface area contributed by atoms with Crippen LogP contribution in [0.2, 0.25) is 0 Å². The van der Waals surface area contributed by atoms with Gasteiger partial charge in [-0.15, -0.1) is 0 Å². The summed E-state index contributed by atoms with van der Waals surface area (Å²) in [7, 11) is 0. The van der Waals surface area contributed by atoms with Gasteiger partial charge in [0.2, 0.25) is 5.95 Å². The van der Waals surface area contributed by atoms with E-state index in [9.17, 15) is 4.79 Å². The Labute approximate surface area is 158 Å². The number of hydrogen-bond donors (Lipinski definition) is 4. The number of nitrogens with zero attached hydrogens (tertiary/aromatic N) is 2. The van der Waals surface area contributed by atoms with Crippen LogP contribution in [-0.2, 0) is 0 Å². The standard InChI is InChI=1S/C19H24N6O2/c1-12(2)23-18(26)14-11-22-19-21-8-4-3-5-9-27-16-10-13(6-7-15(16)20)24-17(14)25-19/h3,5-7,10-12H,4,8-9,20H2,1-2H3,(H,23,26)(H2,21,22,24,25)/b5-3+. The van der Waals surface area contributed by atoms with Crippen molar-refractivity contribution in [1.29, 1.82) is 0 Å². The number of rotatable bonds is 2. The van der Waals surface area contributed by atoms with Gasteiger partial charge in [0, 0.05) is 30.5 Å². The van der Waals surface area contributed by atoms with Gasteiger partial charge in [0.25, 0.3) is 5.91 Å². The van der Waals surface area contributed by atoms with Crippen LogP contribution in [0.25, 0.3) is 0 Å². The average Bonchev–Trinajstić information content (AvgIpc) is 2.62. The third-order valence-electron chi connectivity index (χ3n) is 3.83. The fourth-order valence-corrected chi connectivity index (χ4v) is 2.53. The number of ether oxygens (including phenoxy) is 1. The van der Waals surface area contributed by atoms with Crippen LogP contribution in [0.5, 0.6) is 5.75 Å². The van der Waals surface area contributed by atoms with Gasteiger partial charge >= 0.3 is 0 Å². The lowest BCUT2D eigenvalue weighted by atomic mass is 10.2. The molecule has 8 nitrogen and oxygen atoms in total. The van der Waals surface area contributed by atoms with Crippen LogP contribution < -0.4 is 26.4 Å². The van der Waals surface area contributed by atoms with Crippen molar-refractivity contribution in [3.05, 3.63) is 42.1 Å². The first-order chi connectivity index (χ1) is 13.0. The molecule has 8 heteroatoms. The maximum Gasteiger partial charge on any atom is 0.256 e. The van der Waals surface area contributed by atoms with Crippen molar-refractivity contribution >= 4 is 29.0 Å². The molecular weight excluding hydrogens is 344 g/mol. The molecule has 0 unspecified atom stereocenters. The number of fused-ring (bicyclic) bond motifs is 4. The van der Waals surface area contributed by atoms with Crippen LogP contribution in [0.1, 0.15) is 30.6 Å². The minimum absolute atomic E-state index is 0.00400. The summed E-state index contributed by atoms with van der Waals surface area (Å²) >= 11 is 0. The Hall–Kier alpha value is -3.29. The largest absolute Gasteiger partial charge is 0.487 e. The summed E-state index contributed by atoms with van der Waals surface area (Å²) in [4.78, 5) is 21.3. The molecule has 1 aliphatic rings. The molecular formula is C19H24N6O2. The summed E-state index contributed by atoms with van der Waals surface area (Å²) in [5, 5.41) is 9.20. The van der Waals surface area contributed by atoms with Gasteiger partial charge in [-0.2, -0.15) is 4.98 Å². The molecule has 4 bridgehead atoms. The Morgan fingerprint density at radius 1 is 1.33 bits per heavy atom. The fourth-order valence-electron chi connectivity index (χ4n) is 2.53. The summed E-state index contributed by atoms with van der Waals surface area (Å²) in [5.74, 6) is 1.20. The van der Waals surface area contributed by atoms with Crippen molar-refractivity contribution < 1.29 is 9.53 Å². The van der Waals surface area contributed by atoms with E-state index in [4.69, 9.17) is 10.5 Å². The number of carbonyl (C=O) groups is 1. The van der Waals surface area contributed by atoms with E-state index in [0.29, 0.717) is 47.6 Å². The predicted octanol–water partition coefficient (Wildman–Crippen LogP) is 2.69. The quantitative estimate of drug-likeness (QED) is 0.476. The van der Waals surface area contributed by atoms with Crippen LogP contribution in [0.4, 0.5) is 23.1 Å². The van der Waals surface area contributed by atoms with E-state index in [1.807, 2.05) is 32.1 Å². The number of anilines is 4. The van der Waals surface area contributed by atoms with Crippen molar-refractivity contribution in [3.63, 3.8) is 0 Å². The number of carbonyl (C=O) groups excluding carboxylic acids is 1. The molecule has 0 saturated heterocycles. The molecule has 0 fully saturated rings. The van der Waals surface area contributed by atoms with Crippen molar-refractivity contribution in [2.24, 2.45) is 0 Å². The number of hydrogen-bond acceptors (Lipinski definition) is 7. The number of benzene rings is 1. The molecule has 0 aliphatic carbocycles. The minimum atomic E-state index is -0.241. The molecule has 0 spiro atoms. The summed E-state index contributed by atoms with van der Waals surface area (Å²) in [6.45, 7) is 4.90. The number of aromatic nitrogens is 2. The minimum Gasteiger partial charge on any atom is -0.487 e. The molecule has 142 valence electrons. The first-order valence-electron chi connectivity index (χ1n) is 8.89. The van der Waals surface area contributed by atoms with Gasteiger partial charge in [0.1, 0.15) is 23.7 Å². The van der Waals surface area contributed by atoms with Crippen LogP contribution in [0, 0.1) is 0 Å². The third-order valence-corrected chi connectivity index (χ3v) is 3.83. The van der Waals surface area contributed by atoms with Crippen LogP contribution >= 0.6 is 0 Å². The second-order valence-corrected chi connectivity index (χ2v) is 6.46. The Bertz CT molecular complexity index is 850. The summed E-state index contributed by atoms with van der Waals surface area (Å²) < 4.78 is 5.72. The van der Waals surface area contributed by atoms with Crippen molar-refractivity contribution in [1.82, 2.24) is 15.3 Å². The molecule has 1 amide bonds. The van der Waals surface area contributed by atoms with Crippen molar-refractivity contribution in [2.75, 3.05) is 29.5 Å². The molecule has 27 heavy (non-hydrogen) atoms. The van der Waals surface area contributed by atoms with Crippen LogP contribution in [-0.4, -0.2) is 35.1 Å². The van der Waals surface area contributed by atoms with Crippen LogP contribution in [0.15, 0.2) is 36.5 Å². The topological polar surface area (TPSA) is 114 Å². The first kappa shape index (κ1) is 18.5. The molecule has 0 saturated carbocycles. The Balaban J connectivity index is 1.99. The zero-order chi connectivity index (χ0) is 19.2. The predicted molar refractivity (Wildman–Crippen MR) is 107 cm³/mol. The Morgan fingerprint density at radius 3 is 3.00 bits per heavy atom. The first-order valence-corrected chi connectivity index (χ1v) is 8.89. The number of nitrogen functional groups attached to an aromatic ring is 1. The van der Waals surface area contributed by atoms with Gasteiger partial charge < -0.3 is 26.4 Å². The highest BCUT2D eigenvalue weighted by atomic mass is 16.5. The lowest BCUT2D eigenvalue weighted by Gasteiger charge is -2.16. The molecule has 0 radical (unpaired) electrons. The summed E-state index contributed by atoms with van der Waals surface area (Å²) in [6, 6.07) is 5.35. The zero-order valence-corrected chi connectivity index (χ0v) is 15.5. The highest BCUT2D eigenvalue weighted by Crippen LogP contribution is 2.28. The van der Waals surface area contributed by atoms with E-state index in [1.54, 1.807) is 12.1 Å². The summed E-state index contributed by atoms with van der Waals surface area (Å²) in [5.41, 5.74) is 7.61. The molecule has 1 aromatic carbocycles. The molecule has 1 aliphatic heterocycles. The smallest absolute Gasteiger partial charge is 0.256 e. The molecule has 0 atom stereocenters. The number of nitrogens with two attached hydrogens (primary N) is 1. The molecule has 3 rings (SSSR count). The van der Waals surface area contributed by atoms with Gasteiger partial charge in [-0.3, -0.25) is 4.79 Å². The van der Waals surface area contributed by atoms with Crippen molar-refractivity contribution in [2.45, 2.75) is 26.3 Å². The Morgan fingerprint density at radius 2 is 2.19 bits per heavy atom. The maximum absolute atomic E-state index is 12.5. The van der Waals surface area contributed by atoms with E-state index >= 15 is 0 Å². The fraction of sp³-hybridized carbons (Fsp3) is 0.316. The highest BCUT2D eigenvalue weighted by Gasteiger charge is 2.16. The van der Waals surface area contributed by atoms with Gasteiger partial charge in [0.15, 0.2) is 0 Å². The van der Waals surface area contributed by atoms with Gasteiger partial charge in [-0.05, 0) is 32.4 Å². The maximum atomic E-state index is 12.5. The molecule has 5 N–H and O–H groups in total. The Kier molecular flexibility index (Phi) is 5.75. The molecule has 2 aromatic rings. The summed E-state index contributed by atoms with van der Waals surface area (Å²) in [6.07, 6.45) is 6.27. The van der Waals surface area contributed by atoms with E-state index in [-0.39, 0.29) is 11.9 Å². The van der Waals surface area contributed by atoms with E-state index in [0.717, 1.165) is 6.42 Å². The second-order valence-electron chi connectivity index (χ2n) is 6.46. The van der Waals surface area contributed by atoms with E-state index in [2.05, 4.69) is 25.9 Å². The zero-order valence-electron chi connectivity index (χ0n) is 15.5. The third kappa shape index (κ3) is 4.87. The van der Waals surface area contributed by atoms with E-state index < -0.39 is 0 Å². The average molecular weight is 368 g/mol. The van der Waals surface area contributed by atoms with Crippen molar-refractivity contribution in [3.8, 4) is 5.75 Å². The van der Waals surface area contributed by atoms with Gasteiger partial charge in [-0.25, -0.2) is 4.98 Å². The van der Waals surface area contributed by atoms with Gasteiger partial charge in [-0.1, -0.05) is 12.2 Å². The van der Waals surface area contributed by atoms with Gasteiger partial charge in [0.05, 0.1) is 5.69 Å². The lowest BCUT2D eigenvalue weighted by Crippen LogP contribution is -2.31.